The van der Waals surface area contributed by atoms with Crippen molar-refractivity contribution in [3.63, 3.8) is 0 Å². The molecular formula is C22H26N2O2S. The number of rotatable bonds is 5. The van der Waals surface area contributed by atoms with E-state index in [9.17, 15) is 8.42 Å². The number of hydrogen-bond donors (Lipinski definition) is 1. The van der Waals surface area contributed by atoms with Gasteiger partial charge in [0.2, 0.25) is 0 Å². The molecule has 1 saturated heterocycles. The predicted molar refractivity (Wildman–Crippen MR) is 111 cm³/mol. The lowest BCUT2D eigenvalue weighted by Gasteiger charge is -2.20. The van der Waals surface area contributed by atoms with Gasteiger partial charge in [0.15, 0.2) is 9.84 Å². The molecular weight excluding hydrogens is 356 g/mol. The zero-order valence-electron chi connectivity index (χ0n) is 15.9. The molecule has 142 valence electrons. The summed E-state index contributed by atoms with van der Waals surface area (Å²) in [7, 11) is -3.16. The predicted octanol–water partition coefficient (Wildman–Crippen LogP) is 4.27. The molecule has 4 rings (SSSR count). The first-order chi connectivity index (χ1) is 12.9. The highest BCUT2D eigenvalue weighted by Crippen LogP contribution is 2.26. The van der Waals surface area contributed by atoms with Crippen LogP contribution in [-0.4, -0.2) is 43.7 Å². The number of aromatic nitrogens is 1. The quantitative estimate of drug-likeness (QED) is 0.717. The highest BCUT2D eigenvalue weighted by atomic mass is 32.2. The highest BCUT2D eigenvalue weighted by Gasteiger charge is 2.19. The molecule has 5 heteroatoms. The molecule has 0 radical (unpaired) electrons. The average molecular weight is 383 g/mol. The third kappa shape index (κ3) is 3.94. The summed E-state index contributed by atoms with van der Waals surface area (Å²) in [5.74, 6) is 0. The normalized spacial score (nSPS) is 18.4. The third-order valence-electron chi connectivity index (χ3n) is 5.65. The molecule has 1 fully saturated rings. The van der Waals surface area contributed by atoms with Crippen LogP contribution < -0.4 is 0 Å². The van der Waals surface area contributed by atoms with Crippen molar-refractivity contribution in [3.8, 4) is 11.1 Å². The van der Waals surface area contributed by atoms with Crippen LogP contribution in [0.3, 0.4) is 0 Å². The van der Waals surface area contributed by atoms with Crippen LogP contribution in [0.25, 0.3) is 22.0 Å². The molecule has 0 spiro atoms. The Morgan fingerprint density at radius 3 is 2.48 bits per heavy atom. The maximum atomic E-state index is 11.6. The summed E-state index contributed by atoms with van der Waals surface area (Å²) < 4.78 is 23.3. The Morgan fingerprint density at radius 1 is 1.07 bits per heavy atom. The van der Waals surface area contributed by atoms with Crippen LogP contribution in [-0.2, 0) is 16.3 Å². The molecule has 0 amide bonds. The van der Waals surface area contributed by atoms with Crippen molar-refractivity contribution in [1.29, 1.82) is 0 Å². The molecule has 1 aromatic heterocycles. The number of nitrogens with zero attached hydrogens (tertiary/aromatic N) is 1. The number of sulfone groups is 1. The summed E-state index contributed by atoms with van der Waals surface area (Å²) in [5.41, 5.74) is 4.55. The maximum Gasteiger partial charge on any atom is 0.175 e. The van der Waals surface area contributed by atoms with Crippen LogP contribution in [0.4, 0.5) is 0 Å². The smallest absolute Gasteiger partial charge is 0.175 e. The highest BCUT2D eigenvalue weighted by molar-refractivity contribution is 7.90. The zero-order valence-corrected chi connectivity index (χ0v) is 16.7. The first-order valence-electron chi connectivity index (χ1n) is 9.56. The van der Waals surface area contributed by atoms with Crippen molar-refractivity contribution in [2.75, 3.05) is 19.3 Å². The second-order valence-corrected chi connectivity index (χ2v) is 9.69. The van der Waals surface area contributed by atoms with Crippen molar-refractivity contribution in [2.24, 2.45) is 0 Å². The van der Waals surface area contributed by atoms with Gasteiger partial charge in [-0.2, -0.15) is 0 Å². The number of benzene rings is 2. The Morgan fingerprint density at radius 2 is 1.81 bits per heavy atom. The van der Waals surface area contributed by atoms with E-state index in [1.807, 2.05) is 12.1 Å². The Labute approximate surface area is 161 Å². The first-order valence-corrected chi connectivity index (χ1v) is 11.5. The average Bonchev–Trinajstić information content (AvgIpc) is 3.24. The number of hydrogen-bond acceptors (Lipinski definition) is 3. The van der Waals surface area contributed by atoms with Gasteiger partial charge in [0.25, 0.3) is 0 Å². The van der Waals surface area contributed by atoms with E-state index in [1.54, 1.807) is 12.1 Å². The summed E-state index contributed by atoms with van der Waals surface area (Å²) in [5, 5.41) is 1.20. The van der Waals surface area contributed by atoms with Crippen LogP contribution in [0.1, 0.15) is 25.5 Å². The van der Waals surface area contributed by atoms with E-state index in [2.05, 4.69) is 41.1 Å². The van der Waals surface area contributed by atoms with Crippen LogP contribution in [0, 0.1) is 0 Å². The second kappa shape index (κ2) is 7.13. The topological polar surface area (TPSA) is 53.2 Å². The number of fused-ring (bicyclic) bond motifs is 1. The van der Waals surface area contributed by atoms with Crippen molar-refractivity contribution in [2.45, 2.75) is 37.1 Å². The van der Waals surface area contributed by atoms with E-state index < -0.39 is 9.84 Å². The van der Waals surface area contributed by atoms with E-state index in [1.165, 1.54) is 36.7 Å². The Kier molecular flexibility index (Phi) is 4.82. The molecule has 3 aromatic rings. The molecule has 2 aromatic carbocycles. The number of likely N-dealkylation sites (tertiary alicyclic amines) is 1. The minimum atomic E-state index is -3.16. The third-order valence-corrected chi connectivity index (χ3v) is 6.78. The van der Waals surface area contributed by atoms with Gasteiger partial charge in [0.1, 0.15) is 0 Å². The number of aromatic amines is 1. The Hall–Kier alpha value is -2.11. The van der Waals surface area contributed by atoms with E-state index in [0.717, 1.165) is 29.6 Å². The van der Waals surface area contributed by atoms with Crippen molar-refractivity contribution in [3.05, 3.63) is 54.2 Å². The maximum absolute atomic E-state index is 11.6. The fourth-order valence-electron chi connectivity index (χ4n) is 3.99. The summed E-state index contributed by atoms with van der Waals surface area (Å²) in [4.78, 5) is 6.46. The lowest BCUT2D eigenvalue weighted by atomic mass is 10.0. The van der Waals surface area contributed by atoms with Gasteiger partial charge < -0.3 is 9.88 Å². The van der Waals surface area contributed by atoms with Gasteiger partial charge in [-0.15, -0.1) is 0 Å². The molecule has 1 aliphatic heterocycles. The molecule has 27 heavy (non-hydrogen) atoms. The van der Waals surface area contributed by atoms with Crippen LogP contribution in [0.5, 0.6) is 0 Å². The molecule has 0 bridgehead atoms. The van der Waals surface area contributed by atoms with Crippen LogP contribution in [0.2, 0.25) is 0 Å². The summed E-state index contributed by atoms with van der Waals surface area (Å²) in [6.07, 6.45) is 4.90. The number of H-pyrrole nitrogens is 1. The fraction of sp³-hybridized carbons (Fsp3) is 0.364. The molecule has 0 saturated carbocycles. The largest absolute Gasteiger partial charge is 0.358 e. The zero-order chi connectivity index (χ0) is 19.0. The summed E-state index contributed by atoms with van der Waals surface area (Å²) in [6.45, 7) is 4.64. The van der Waals surface area contributed by atoms with Gasteiger partial charge in [-0.05, 0) is 67.8 Å². The molecule has 4 nitrogen and oxygen atoms in total. The summed E-state index contributed by atoms with van der Waals surface area (Å²) >= 11 is 0. The van der Waals surface area contributed by atoms with E-state index in [4.69, 9.17) is 0 Å². The Bertz CT molecular complexity index is 1050. The van der Waals surface area contributed by atoms with Gasteiger partial charge in [-0.3, -0.25) is 0 Å². The van der Waals surface area contributed by atoms with E-state index in [0.29, 0.717) is 10.9 Å². The van der Waals surface area contributed by atoms with E-state index >= 15 is 0 Å². The SMILES string of the molecule is CC1CCCN1CCc1cc2cc(-c3ccc(S(C)(=O)=O)cc3)ccc2[nH]1. The lowest BCUT2D eigenvalue weighted by Crippen LogP contribution is -2.29. The molecule has 0 aliphatic carbocycles. The Balaban J connectivity index is 1.53. The van der Waals surface area contributed by atoms with Gasteiger partial charge in [-0.1, -0.05) is 18.2 Å². The van der Waals surface area contributed by atoms with Gasteiger partial charge >= 0.3 is 0 Å². The van der Waals surface area contributed by atoms with Crippen LogP contribution in [0.15, 0.2) is 53.4 Å². The molecule has 1 atom stereocenters. The standard InChI is InChI=1S/C22H26N2O2S/c1-16-4-3-12-24(16)13-11-20-15-19-14-18(7-10-22(19)23-20)17-5-8-21(9-6-17)27(2,25)26/h5-10,14-16,23H,3-4,11-13H2,1-2H3. The monoisotopic (exact) mass is 382 g/mol. The second-order valence-electron chi connectivity index (χ2n) is 7.67. The molecule has 1 unspecified atom stereocenters. The molecule has 1 N–H and O–H groups in total. The van der Waals surface area contributed by atoms with Crippen LogP contribution >= 0.6 is 0 Å². The van der Waals surface area contributed by atoms with Gasteiger partial charge in [0, 0.05) is 41.9 Å². The fourth-order valence-corrected chi connectivity index (χ4v) is 4.62. The van der Waals surface area contributed by atoms with E-state index in [-0.39, 0.29) is 0 Å². The molecule has 1 aliphatic rings. The molecule has 2 heterocycles. The van der Waals surface area contributed by atoms with Crippen molar-refractivity contribution >= 4 is 20.7 Å². The number of nitrogens with one attached hydrogen (secondary N) is 1. The minimum absolute atomic E-state index is 0.354. The minimum Gasteiger partial charge on any atom is -0.358 e. The summed E-state index contributed by atoms with van der Waals surface area (Å²) in [6, 6.07) is 16.4. The lowest BCUT2D eigenvalue weighted by molar-refractivity contribution is 0.271. The van der Waals surface area contributed by atoms with Crippen molar-refractivity contribution in [1.82, 2.24) is 9.88 Å². The first kappa shape index (κ1) is 18.3. The van der Waals surface area contributed by atoms with Gasteiger partial charge in [-0.25, -0.2) is 8.42 Å². The van der Waals surface area contributed by atoms with Crippen molar-refractivity contribution < 1.29 is 8.42 Å². The van der Waals surface area contributed by atoms with Gasteiger partial charge in [0.05, 0.1) is 4.90 Å².